The van der Waals surface area contributed by atoms with Crippen molar-refractivity contribution in [3.63, 3.8) is 0 Å². The molecule has 0 aliphatic heterocycles. The lowest BCUT2D eigenvalue weighted by molar-refractivity contribution is -0.130. The van der Waals surface area contributed by atoms with Crippen LogP contribution < -0.4 is 11.1 Å². The van der Waals surface area contributed by atoms with Crippen LogP contribution in [0.25, 0.3) is 0 Å². The van der Waals surface area contributed by atoms with E-state index in [-0.39, 0.29) is 11.4 Å². The Morgan fingerprint density at radius 2 is 2.05 bits per heavy atom. The van der Waals surface area contributed by atoms with E-state index in [1.54, 1.807) is 23.8 Å². The van der Waals surface area contributed by atoms with Crippen LogP contribution in [0.3, 0.4) is 0 Å². The van der Waals surface area contributed by atoms with Crippen molar-refractivity contribution in [1.29, 1.82) is 0 Å². The normalized spacial score (nSPS) is 12.8. The van der Waals surface area contributed by atoms with E-state index in [2.05, 4.69) is 5.32 Å². The number of aromatic nitrogens is 1. The van der Waals surface area contributed by atoms with Crippen molar-refractivity contribution < 1.29 is 14.3 Å². The number of rotatable bonds is 6. The molecule has 0 saturated heterocycles. The molecular formula is C15H25N3O3. The fourth-order valence-corrected chi connectivity index (χ4v) is 1.76. The van der Waals surface area contributed by atoms with Crippen LogP contribution in [0.1, 0.15) is 51.5 Å². The lowest BCUT2D eigenvalue weighted by atomic mass is 10.0. The van der Waals surface area contributed by atoms with Crippen LogP contribution in [0.2, 0.25) is 0 Å². The van der Waals surface area contributed by atoms with Crippen LogP contribution in [0.5, 0.6) is 0 Å². The molecule has 0 aliphatic rings. The van der Waals surface area contributed by atoms with E-state index in [4.69, 9.17) is 10.5 Å². The highest BCUT2D eigenvalue weighted by Crippen LogP contribution is 2.13. The van der Waals surface area contributed by atoms with Gasteiger partial charge >= 0.3 is 5.97 Å². The SMILES string of the molecule is CCn1cc(N)cc1C(=O)OC(C)C(=O)NC(C)(C)CC. The third kappa shape index (κ3) is 4.51. The summed E-state index contributed by atoms with van der Waals surface area (Å²) in [4.78, 5) is 24.1. The standard InChI is InChI=1S/C15H25N3O3/c1-6-15(4,5)17-13(19)10(3)21-14(20)12-8-11(16)9-18(12)7-2/h8-10H,6-7,16H2,1-5H3,(H,17,19). The van der Waals surface area contributed by atoms with Crippen molar-refractivity contribution in [2.24, 2.45) is 0 Å². The third-order valence-corrected chi connectivity index (χ3v) is 3.47. The van der Waals surface area contributed by atoms with Crippen LogP contribution in [-0.2, 0) is 16.1 Å². The maximum Gasteiger partial charge on any atom is 0.355 e. The van der Waals surface area contributed by atoms with E-state index < -0.39 is 12.1 Å². The predicted octanol–water partition coefficient (Wildman–Crippen LogP) is 1.94. The Morgan fingerprint density at radius 3 is 2.57 bits per heavy atom. The van der Waals surface area contributed by atoms with Crippen LogP contribution in [0.4, 0.5) is 5.69 Å². The Hall–Kier alpha value is -1.98. The van der Waals surface area contributed by atoms with E-state index in [0.717, 1.165) is 6.42 Å². The molecule has 6 heteroatoms. The van der Waals surface area contributed by atoms with Gasteiger partial charge in [-0.15, -0.1) is 0 Å². The monoisotopic (exact) mass is 295 g/mol. The summed E-state index contributed by atoms with van der Waals surface area (Å²) in [6.45, 7) is 9.88. The number of amides is 1. The summed E-state index contributed by atoms with van der Waals surface area (Å²) >= 11 is 0. The molecule has 21 heavy (non-hydrogen) atoms. The second-order valence-electron chi connectivity index (χ2n) is 5.72. The van der Waals surface area contributed by atoms with Gasteiger partial charge in [0, 0.05) is 18.3 Å². The number of hydrogen-bond donors (Lipinski definition) is 2. The first-order valence-electron chi connectivity index (χ1n) is 7.18. The number of ether oxygens (including phenoxy) is 1. The Kier molecular flexibility index (Phi) is 5.41. The van der Waals surface area contributed by atoms with Crippen LogP contribution in [0.15, 0.2) is 12.3 Å². The van der Waals surface area contributed by atoms with E-state index in [0.29, 0.717) is 17.9 Å². The second kappa shape index (κ2) is 6.65. The van der Waals surface area contributed by atoms with Gasteiger partial charge in [-0.3, -0.25) is 4.79 Å². The molecule has 0 bridgehead atoms. The number of aryl methyl sites for hydroxylation is 1. The summed E-state index contributed by atoms with van der Waals surface area (Å²) in [6, 6.07) is 1.55. The molecule has 1 amide bonds. The van der Waals surface area contributed by atoms with Crippen LogP contribution >= 0.6 is 0 Å². The van der Waals surface area contributed by atoms with Gasteiger partial charge in [0.25, 0.3) is 5.91 Å². The number of esters is 1. The van der Waals surface area contributed by atoms with Crippen molar-refractivity contribution in [2.45, 2.75) is 59.2 Å². The number of hydrogen-bond acceptors (Lipinski definition) is 4. The first-order chi connectivity index (χ1) is 9.70. The smallest absolute Gasteiger partial charge is 0.355 e. The highest BCUT2D eigenvalue weighted by atomic mass is 16.5. The lowest BCUT2D eigenvalue weighted by Crippen LogP contribution is -2.47. The van der Waals surface area contributed by atoms with Crippen LogP contribution in [-0.4, -0.2) is 28.1 Å². The molecule has 0 aromatic carbocycles. The Bertz CT molecular complexity index is 520. The van der Waals surface area contributed by atoms with Crippen molar-refractivity contribution in [3.8, 4) is 0 Å². The molecule has 0 saturated carbocycles. The van der Waals surface area contributed by atoms with Gasteiger partial charge in [-0.25, -0.2) is 4.79 Å². The minimum absolute atomic E-state index is 0.308. The zero-order chi connectivity index (χ0) is 16.2. The average molecular weight is 295 g/mol. The highest BCUT2D eigenvalue weighted by molar-refractivity contribution is 5.92. The van der Waals surface area contributed by atoms with Gasteiger partial charge in [0.15, 0.2) is 6.10 Å². The van der Waals surface area contributed by atoms with Crippen molar-refractivity contribution in [3.05, 3.63) is 18.0 Å². The Morgan fingerprint density at radius 1 is 1.43 bits per heavy atom. The van der Waals surface area contributed by atoms with Gasteiger partial charge in [0.05, 0.1) is 5.69 Å². The molecule has 0 radical (unpaired) electrons. The summed E-state index contributed by atoms with van der Waals surface area (Å²) in [5.74, 6) is -0.858. The molecule has 6 nitrogen and oxygen atoms in total. The number of nitrogens with two attached hydrogens (primary N) is 1. The summed E-state index contributed by atoms with van der Waals surface area (Å²) in [7, 11) is 0. The number of nitrogen functional groups attached to an aromatic ring is 1. The predicted molar refractivity (Wildman–Crippen MR) is 81.9 cm³/mol. The summed E-state index contributed by atoms with van der Waals surface area (Å²) in [6.07, 6.45) is 1.60. The number of anilines is 1. The molecule has 1 heterocycles. The molecule has 3 N–H and O–H groups in total. The minimum atomic E-state index is -0.857. The minimum Gasteiger partial charge on any atom is -0.448 e. The Labute approximate surface area is 125 Å². The van der Waals surface area contributed by atoms with E-state index >= 15 is 0 Å². The van der Waals surface area contributed by atoms with Gasteiger partial charge in [-0.2, -0.15) is 0 Å². The van der Waals surface area contributed by atoms with Gasteiger partial charge in [0.2, 0.25) is 0 Å². The number of nitrogens with zero attached hydrogens (tertiary/aromatic N) is 1. The molecule has 1 rings (SSSR count). The fraction of sp³-hybridized carbons (Fsp3) is 0.600. The first kappa shape index (κ1) is 17.1. The number of nitrogens with one attached hydrogen (secondary N) is 1. The highest BCUT2D eigenvalue weighted by Gasteiger charge is 2.25. The zero-order valence-electron chi connectivity index (χ0n) is 13.4. The van der Waals surface area contributed by atoms with Gasteiger partial charge in [-0.05, 0) is 40.2 Å². The Balaban J connectivity index is 2.71. The fourth-order valence-electron chi connectivity index (χ4n) is 1.76. The molecule has 1 aromatic rings. The van der Waals surface area contributed by atoms with E-state index in [9.17, 15) is 9.59 Å². The van der Waals surface area contributed by atoms with E-state index in [1.165, 1.54) is 0 Å². The van der Waals surface area contributed by atoms with Gasteiger partial charge in [-0.1, -0.05) is 6.92 Å². The first-order valence-corrected chi connectivity index (χ1v) is 7.18. The summed E-state index contributed by atoms with van der Waals surface area (Å²) < 4.78 is 6.91. The molecule has 1 aromatic heterocycles. The zero-order valence-corrected chi connectivity index (χ0v) is 13.4. The number of carbonyl (C=O) groups is 2. The third-order valence-electron chi connectivity index (χ3n) is 3.47. The van der Waals surface area contributed by atoms with Crippen molar-refractivity contribution in [1.82, 2.24) is 9.88 Å². The lowest BCUT2D eigenvalue weighted by Gasteiger charge is -2.26. The molecular weight excluding hydrogens is 270 g/mol. The largest absolute Gasteiger partial charge is 0.448 e. The van der Waals surface area contributed by atoms with Crippen molar-refractivity contribution >= 4 is 17.6 Å². The molecule has 1 atom stereocenters. The summed E-state index contributed by atoms with van der Waals surface area (Å²) in [5.41, 5.74) is 6.19. The second-order valence-corrected chi connectivity index (χ2v) is 5.72. The molecule has 0 spiro atoms. The quantitative estimate of drug-likeness (QED) is 0.785. The van der Waals surface area contributed by atoms with Crippen LogP contribution in [0, 0.1) is 0 Å². The molecule has 1 unspecified atom stereocenters. The maximum atomic E-state index is 12.1. The molecule has 0 aliphatic carbocycles. The van der Waals surface area contributed by atoms with E-state index in [1.807, 2.05) is 27.7 Å². The maximum absolute atomic E-state index is 12.1. The number of carbonyl (C=O) groups excluding carboxylic acids is 2. The summed E-state index contributed by atoms with van der Waals surface area (Å²) in [5, 5.41) is 2.85. The van der Waals surface area contributed by atoms with Gasteiger partial charge in [0.1, 0.15) is 5.69 Å². The van der Waals surface area contributed by atoms with Crippen molar-refractivity contribution in [2.75, 3.05) is 5.73 Å². The molecule has 118 valence electrons. The average Bonchev–Trinajstić information content (AvgIpc) is 2.79. The molecule has 0 fully saturated rings. The topological polar surface area (TPSA) is 86.3 Å². The van der Waals surface area contributed by atoms with Gasteiger partial charge < -0.3 is 20.4 Å².